The number of imidazole rings is 1. The zero-order valence-electron chi connectivity index (χ0n) is 26.5. The Morgan fingerprint density at radius 3 is 2.14 bits per heavy atom. The predicted molar refractivity (Wildman–Crippen MR) is 167 cm³/mol. The topological polar surface area (TPSA) is 132 Å². The predicted octanol–water partition coefficient (Wildman–Crippen LogP) is 4.59. The summed E-state index contributed by atoms with van der Waals surface area (Å²) < 4.78 is 12.8. The standard InChI is InChI=1S/C33H43N5O6/c1-32(2,3)44-31(42)36-33(4,5)26(39)18-25(21-43-20-23-14-10-8-11-15-23)29(40)35-27-19-38(22-34-27)28(30(41)37(6)7)24-16-12-9-13-17-24/h8-17,19,22,25,28H,18,20-21H2,1-7H3,(H,35,40)(H,36,42)/t25-,28?/m1/s1. The van der Waals surface area contributed by atoms with Gasteiger partial charge in [-0.2, -0.15) is 0 Å². The fourth-order valence-corrected chi connectivity index (χ4v) is 4.32. The monoisotopic (exact) mass is 605 g/mol. The fourth-order valence-electron chi connectivity index (χ4n) is 4.32. The lowest BCUT2D eigenvalue weighted by molar-refractivity contribution is -0.131. The van der Waals surface area contributed by atoms with Crippen molar-refractivity contribution in [2.24, 2.45) is 5.92 Å². The van der Waals surface area contributed by atoms with Gasteiger partial charge in [0.2, 0.25) is 11.8 Å². The average Bonchev–Trinajstić information content (AvgIpc) is 3.39. The zero-order valence-corrected chi connectivity index (χ0v) is 26.5. The first kappa shape index (κ1) is 34.0. The van der Waals surface area contributed by atoms with E-state index < -0.39 is 35.1 Å². The Bertz CT molecular complexity index is 1410. The normalized spacial score (nSPS) is 13.0. The molecule has 1 heterocycles. The van der Waals surface area contributed by atoms with Crippen LogP contribution < -0.4 is 10.6 Å². The van der Waals surface area contributed by atoms with Crippen LogP contribution in [-0.2, 0) is 30.5 Å². The fraction of sp³-hybridized carbons (Fsp3) is 0.424. The third kappa shape index (κ3) is 10.0. The van der Waals surface area contributed by atoms with E-state index in [1.807, 2.05) is 60.7 Å². The minimum atomic E-state index is -1.31. The first-order chi connectivity index (χ1) is 20.7. The highest BCUT2D eigenvalue weighted by molar-refractivity contribution is 5.98. The molecule has 44 heavy (non-hydrogen) atoms. The van der Waals surface area contributed by atoms with Crippen molar-refractivity contribution in [1.82, 2.24) is 19.8 Å². The smallest absolute Gasteiger partial charge is 0.408 e. The summed E-state index contributed by atoms with van der Waals surface area (Å²) in [4.78, 5) is 58.2. The van der Waals surface area contributed by atoms with E-state index in [1.54, 1.807) is 59.5 Å². The zero-order chi connectivity index (χ0) is 32.5. The van der Waals surface area contributed by atoms with Gasteiger partial charge in [-0.1, -0.05) is 60.7 Å². The van der Waals surface area contributed by atoms with Crippen molar-refractivity contribution in [3.8, 4) is 0 Å². The molecule has 0 saturated carbocycles. The maximum atomic E-state index is 13.5. The van der Waals surface area contributed by atoms with Crippen molar-refractivity contribution in [2.75, 3.05) is 26.0 Å². The number of amides is 3. The first-order valence-electron chi connectivity index (χ1n) is 14.4. The molecule has 1 aromatic heterocycles. The molecule has 0 aliphatic carbocycles. The molecular weight excluding hydrogens is 562 g/mol. The summed E-state index contributed by atoms with van der Waals surface area (Å²) >= 11 is 0. The van der Waals surface area contributed by atoms with Gasteiger partial charge in [0, 0.05) is 26.7 Å². The van der Waals surface area contributed by atoms with Crippen molar-refractivity contribution in [1.29, 1.82) is 0 Å². The van der Waals surface area contributed by atoms with Crippen molar-refractivity contribution < 1.29 is 28.7 Å². The maximum Gasteiger partial charge on any atom is 0.408 e. The third-order valence-electron chi connectivity index (χ3n) is 6.68. The highest BCUT2D eigenvalue weighted by Gasteiger charge is 2.35. The number of ether oxygens (including phenoxy) is 2. The Morgan fingerprint density at radius 1 is 0.932 bits per heavy atom. The minimum Gasteiger partial charge on any atom is -0.444 e. The number of hydrogen-bond donors (Lipinski definition) is 2. The summed E-state index contributed by atoms with van der Waals surface area (Å²) in [5.41, 5.74) is -0.367. The Hall–Kier alpha value is -4.51. The highest BCUT2D eigenvalue weighted by Crippen LogP contribution is 2.23. The molecular formula is C33H43N5O6. The largest absolute Gasteiger partial charge is 0.444 e. The van der Waals surface area contributed by atoms with Crippen molar-refractivity contribution in [3.63, 3.8) is 0 Å². The molecule has 2 atom stereocenters. The number of ketones is 1. The number of likely N-dealkylation sites (N-methyl/N-ethyl adjacent to an activating group) is 1. The number of aromatic nitrogens is 2. The lowest BCUT2D eigenvalue weighted by atomic mass is 9.90. The van der Waals surface area contributed by atoms with Gasteiger partial charge in [-0.05, 0) is 45.7 Å². The van der Waals surface area contributed by atoms with E-state index in [1.165, 1.54) is 11.2 Å². The van der Waals surface area contributed by atoms with Crippen molar-refractivity contribution in [3.05, 3.63) is 84.3 Å². The summed E-state index contributed by atoms with van der Waals surface area (Å²) in [6.45, 7) is 8.50. The lowest BCUT2D eigenvalue weighted by Gasteiger charge is -2.28. The molecule has 0 spiro atoms. The molecule has 1 unspecified atom stereocenters. The SMILES string of the molecule is CN(C)C(=O)C(c1ccccc1)n1cnc(NC(=O)[C@@H](COCc2ccccc2)CC(=O)C(C)(C)NC(=O)OC(C)(C)C)c1. The molecule has 2 N–H and O–H groups in total. The van der Waals surface area contributed by atoms with Gasteiger partial charge in [-0.25, -0.2) is 9.78 Å². The molecule has 0 radical (unpaired) electrons. The lowest BCUT2D eigenvalue weighted by Crippen LogP contribution is -2.52. The van der Waals surface area contributed by atoms with E-state index in [0.29, 0.717) is 0 Å². The van der Waals surface area contributed by atoms with Gasteiger partial charge in [0.05, 0.1) is 31.0 Å². The van der Waals surface area contributed by atoms with E-state index in [9.17, 15) is 19.2 Å². The Morgan fingerprint density at radius 2 is 1.55 bits per heavy atom. The molecule has 11 nitrogen and oxygen atoms in total. The van der Waals surface area contributed by atoms with Crippen LogP contribution in [-0.4, -0.2) is 70.0 Å². The second kappa shape index (κ2) is 14.8. The van der Waals surface area contributed by atoms with Crippen molar-refractivity contribution in [2.45, 2.75) is 64.8 Å². The summed E-state index contributed by atoms with van der Waals surface area (Å²) in [5.74, 6) is -1.71. The van der Waals surface area contributed by atoms with Gasteiger partial charge in [-0.3, -0.25) is 14.4 Å². The van der Waals surface area contributed by atoms with Gasteiger partial charge in [0.1, 0.15) is 11.6 Å². The maximum absolute atomic E-state index is 13.5. The molecule has 0 fully saturated rings. The molecule has 2 aromatic carbocycles. The van der Waals surface area contributed by atoms with Crippen LogP contribution in [0.2, 0.25) is 0 Å². The number of hydrogen-bond acceptors (Lipinski definition) is 7. The number of benzene rings is 2. The Balaban J connectivity index is 1.78. The molecule has 3 rings (SSSR count). The first-order valence-corrected chi connectivity index (χ1v) is 14.4. The number of carbonyl (C=O) groups is 4. The van der Waals surface area contributed by atoms with Gasteiger partial charge in [0.25, 0.3) is 0 Å². The van der Waals surface area contributed by atoms with Crippen LogP contribution in [0.1, 0.15) is 58.2 Å². The summed E-state index contributed by atoms with van der Waals surface area (Å²) in [5, 5.41) is 5.38. The summed E-state index contributed by atoms with van der Waals surface area (Å²) in [7, 11) is 3.35. The number of anilines is 1. The van der Waals surface area contributed by atoms with Crippen LogP contribution in [0.15, 0.2) is 73.2 Å². The minimum absolute atomic E-state index is 0.0541. The Labute approximate surface area is 258 Å². The van der Waals surface area contributed by atoms with Crippen LogP contribution in [0.4, 0.5) is 10.6 Å². The molecule has 3 aromatic rings. The molecule has 0 bridgehead atoms. The third-order valence-corrected chi connectivity index (χ3v) is 6.68. The van der Waals surface area contributed by atoms with E-state index in [-0.39, 0.29) is 37.1 Å². The van der Waals surface area contributed by atoms with Gasteiger partial charge in [0.15, 0.2) is 11.6 Å². The number of Topliss-reactive ketones (excluding diaryl/α,β-unsaturated/α-hetero) is 1. The molecule has 11 heteroatoms. The summed E-state index contributed by atoms with van der Waals surface area (Å²) in [6, 6.07) is 18.1. The highest BCUT2D eigenvalue weighted by atomic mass is 16.6. The van der Waals surface area contributed by atoms with Gasteiger partial charge < -0.3 is 29.6 Å². The molecule has 0 saturated heterocycles. The number of carbonyl (C=O) groups excluding carboxylic acids is 4. The average molecular weight is 606 g/mol. The number of nitrogens with zero attached hydrogens (tertiary/aromatic N) is 3. The number of alkyl carbamates (subject to hydrolysis) is 1. The van der Waals surface area contributed by atoms with Crippen molar-refractivity contribution >= 4 is 29.5 Å². The second-order valence-corrected chi connectivity index (χ2v) is 12.3. The van der Waals surface area contributed by atoms with E-state index in [4.69, 9.17) is 9.47 Å². The number of nitrogens with one attached hydrogen (secondary N) is 2. The second-order valence-electron chi connectivity index (χ2n) is 12.3. The van der Waals surface area contributed by atoms with Gasteiger partial charge >= 0.3 is 6.09 Å². The van der Waals surface area contributed by atoms with E-state index >= 15 is 0 Å². The molecule has 0 aliphatic rings. The van der Waals surface area contributed by atoms with E-state index in [2.05, 4.69) is 15.6 Å². The van der Waals surface area contributed by atoms with Crippen LogP contribution in [0, 0.1) is 5.92 Å². The van der Waals surface area contributed by atoms with Crippen LogP contribution in [0.3, 0.4) is 0 Å². The molecule has 3 amide bonds. The van der Waals surface area contributed by atoms with E-state index in [0.717, 1.165) is 11.1 Å². The molecule has 236 valence electrons. The Kier molecular flexibility index (Phi) is 11.4. The van der Waals surface area contributed by atoms with Crippen LogP contribution in [0.25, 0.3) is 0 Å². The molecule has 0 aliphatic heterocycles. The van der Waals surface area contributed by atoms with Crippen LogP contribution >= 0.6 is 0 Å². The van der Waals surface area contributed by atoms with Gasteiger partial charge in [-0.15, -0.1) is 0 Å². The van der Waals surface area contributed by atoms with Crippen LogP contribution in [0.5, 0.6) is 0 Å². The number of rotatable bonds is 13. The quantitative estimate of drug-likeness (QED) is 0.291. The summed E-state index contributed by atoms with van der Waals surface area (Å²) in [6.07, 6.45) is 2.11.